The summed E-state index contributed by atoms with van der Waals surface area (Å²) in [4.78, 5) is 14.4. The number of carbonyl (C=O) groups excluding carboxylic acids is 1. The molecule has 1 fully saturated rings. The molecule has 1 amide bonds. The average molecular weight is 376 g/mol. The van der Waals surface area contributed by atoms with Crippen LogP contribution in [0.15, 0.2) is 54.6 Å². The molecule has 0 radical (unpaired) electrons. The zero-order chi connectivity index (χ0) is 19.4. The Morgan fingerprint density at radius 2 is 1.81 bits per heavy atom. The van der Waals surface area contributed by atoms with Gasteiger partial charge in [0, 0.05) is 31.2 Å². The number of anilines is 1. The highest BCUT2D eigenvalue weighted by Crippen LogP contribution is 2.31. The fraction of sp³-hybridized carbons (Fsp3) is 0.381. The van der Waals surface area contributed by atoms with Gasteiger partial charge in [0.25, 0.3) is 0 Å². The minimum absolute atomic E-state index is 0.0414. The summed E-state index contributed by atoms with van der Waals surface area (Å²) in [5.41, 5.74) is 1.11. The number of rotatable bonds is 5. The van der Waals surface area contributed by atoms with E-state index in [0.717, 1.165) is 29.8 Å². The van der Waals surface area contributed by atoms with Gasteiger partial charge in [-0.25, -0.2) is 0 Å². The van der Waals surface area contributed by atoms with Crippen LogP contribution in [0.4, 0.5) is 18.9 Å². The lowest BCUT2D eigenvalue weighted by Crippen LogP contribution is -2.32. The molecule has 3 rings (SSSR count). The van der Waals surface area contributed by atoms with E-state index < -0.39 is 11.7 Å². The molecule has 144 valence electrons. The van der Waals surface area contributed by atoms with Crippen molar-refractivity contribution in [3.05, 3.63) is 65.7 Å². The number of carbonyl (C=O) groups is 1. The number of halogens is 3. The summed E-state index contributed by atoms with van der Waals surface area (Å²) in [7, 11) is 0. The second-order valence-electron chi connectivity index (χ2n) is 7.06. The molecule has 1 aliphatic rings. The van der Waals surface area contributed by atoms with E-state index in [1.165, 1.54) is 12.1 Å². The summed E-state index contributed by atoms with van der Waals surface area (Å²) < 4.78 is 38.0. The van der Waals surface area contributed by atoms with Crippen LogP contribution >= 0.6 is 0 Å². The molecule has 1 aliphatic heterocycles. The fourth-order valence-electron chi connectivity index (χ4n) is 3.38. The topological polar surface area (TPSA) is 32.3 Å². The number of likely N-dealkylation sites (tertiary alicyclic amines) is 1. The molecule has 0 spiro atoms. The normalized spacial score (nSPS) is 18.4. The first kappa shape index (κ1) is 19.3. The molecule has 3 nitrogen and oxygen atoms in total. The second-order valence-corrected chi connectivity index (χ2v) is 7.06. The lowest BCUT2D eigenvalue weighted by atomic mass is 9.96. The summed E-state index contributed by atoms with van der Waals surface area (Å²) >= 11 is 0. The smallest absolute Gasteiger partial charge is 0.380 e. The largest absolute Gasteiger partial charge is 0.416 e. The van der Waals surface area contributed by atoms with E-state index >= 15 is 0 Å². The van der Waals surface area contributed by atoms with Gasteiger partial charge in [0.15, 0.2) is 0 Å². The maximum atomic E-state index is 12.7. The molecule has 2 atom stereocenters. The summed E-state index contributed by atoms with van der Waals surface area (Å²) in [6.45, 7) is 3.22. The number of hydrogen-bond acceptors (Lipinski definition) is 2. The predicted octanol–water partition coefficient (Wildman–Crippen LogP) is 4.91. The van der Waals surface area contributed by atoms with Crippen molar-refractivity contribution in [3.8, 4) is 0 Å². The highest BCUT2D eigenvalue weighted by Gasteiger charge is 2.30. The van der Waals surface area contributed by atoms with Crippen LogP contribution in [0.3, 0.4) is 0 Å². The van der Waals surface area contributed by atoms with Crippen LogP contribution in [-0.4, -0.2) is 29.9 Å². The van der Waals surface area contributed by atoms with E-state index in [0.29, 0.717) is 19.5 Å². The van der Waals surface area contributed by atoms with Gasteiger partial charge in [0.05, 0.1) is 5.56 Å². The third-order valence-corrected chi connectivity index (χ3v) is 4.97. The molecule has 2 unspecified atom stereocenters. The van der Waals surface area contributed by atoms with Crippen molar-refractivity contribution in [2.45, 2.75) is 37.9 Å². The Kier molecular flexibility index (Phi) is 5.73. The monoisotopic (exact) mass is 376 g/mol. The van der Waals surface area contributed by atoms with Crippen LogP contribution in [0.2, 0.25) is 0 Å². The maximum Gasteiger partial charge on any atom is 0.416 e. The van der Waals surface area contributed by atoms with Gasteiger partial charge in [-0.05, 0) is 42.2 Å². The highest BCUT2D eigenvalue weighted by molar-refractivity contribution is 5.77. The first-order valence-electron chi connectivity index (χ1n) is 9.09. The highest BCUT2D eigenvalue weighted by atomic mass is 19.4. The van der Waals surface area contributed by atoms with Crippen molar-refractivity contribution >= 4 is 11.6 Å². The third-order valence-electron chi connectivity index (χ3n) is 4.97. The summed E-state index contributed by atoms with van der Waals surface area (Å²) in [5, 5.41) is 3.43. The summed E-state index contributed by atoms with van der Waals surface area (Å²) in [6, 6.07) is 15.2. The van der Waals surface area contributed by atoms with Crippen molar-refractivity contribution < 1.29 is 18.0 Å². The Labute approximate surface area is 157 Å². The number of para-hydroxylation sites is 1. The number of amides is 1. The molecule has 6 heteroatoms. The van der Waals surface area contributed by atoms with E-state index in [2.05, 4.69) is 5.32 Å². The first-order valence-corrected chi connectivity index (χ1v) is 9.09. The molecule has 2 aromatic rings. The molecule has 1 N–H and O–H groups in total. The molecule has 0 aromatic heterocycles. The molecule has 2 aromatic carbocycles. The van der Waals surface area contributed by atoms with Gasteiger partial charge < -0.3 is 10.2 Å². The van der Waals surface area contributed by atoms with Crippen molar-refractivity contribution in [2.75, 3.05) is 18.4 Å². The minimum Gasteiger partial charge on any atom is -0.380 e. The molecular formula is C21H23F3N2O. The van der Waals surface area contributed by atoms with Gasteiger partial charge in [0.2, 0.25) is 5.91 Å². The van der Waals surface area contributed by atoms with Crippen molar-refractivity contribution in [2.24, 2.45) is 0 Å². The predicted molar refractivity (Wildman–Crippen MR) is 99.5 cm³/mol. The van der Waals surface area contributed by atoms with Crippen LogP contribution in [0.25, 0.3) is 0 Å². The van der Waals surface area contributed by atoms with E-state index in [1.807, 2.05) is 42.2 Å². The third kappa shape index (κ3) is 5.02. The van der Waals surface area contributed by atoms with Gasteiger partial charge in [-0.3, -0.25) is 4.79 Å². The number of hydrogen-bond donors (Lipinski definition) is 1. The van der Waals surface area contributed by atoms with Crippen LogP contribution in [0.1, 0.15) is 36.8 Å². The molecule has 0 bridgehead atoms. The van der Waals surface area contributed by atoms with Gasteiger partial charge in [-0.1, -0.05) is 37.3 Å². The van der Waals surface area contributed by atoms with E-state index in [-0.39, 0.29) is 17.9 Å². The Balaban J connectivity index is 1.53. The van der Waals surface area contributed by atoms with E-state index in [1.54, 1.807) is 0 Å². The number of benzene rings is 2. The Morgan fingerprint density at radius 3 is 2.44 bits per heavy atom. The number of nitrogens with one attached hydrogen (secondary N) is 1. The van der Waals surface area contributed by atoms with Crippen LogP contribution in [0.5, 0.6) is 0 Å². The van der Waals surface area contributed by atoms with Gasteiger partial charge in [-0.15, -0.1) is 0 Å². The van der Waals surface area contributed by atoms with E-state index in [9.17, 15) is 18.0 Å². The number of alkyl halides is 3. The van der Waals surface area contributed by atoms with Crippen LogP contribution in [0, 0.1) is 0 Å². The zero-order valence-electron chi connectivity index (χ0n) is 15.2. The summed E-state index contributed by atoms with van der Waals surface area (Å²) in [6.07, 6.45) is -3.16. The Hall–Kier alpha value is -2.50. The van der Waals surface area contributed by atoms with E-state index in [4.69, 9.17) is 0 Å². The van der Waals surface area contributed by atoms with Crippen molar-refractivity contribution in [1.29, 1.82) is 0 Å². The van der Waals surface area contributed by atoms with Gasteiger partial charge >= 0.3 is 6.18 Å². The SMILES string of the molecule is CC(CC(=O)N1CCC(Nc2ccccc2)C1)c1ccc(C(F)(F)F)cc1. The molecule has 1 saturated heterocycles. The molecule has 1 heterocycles. The van der Waals surface area contributed by atoms with Crippen LogP contribution in [-0.2, 0) is 11.0 Å². The maximum absolute atomic E-state index is 12.7. The van der Waals surface area contributed by atoms with Gasteiger partial charge in [0.1, 0.15) is 0 Å². The van der Waals surface area contributed by atoms with Crippen molar-refractivity contribution in [3.63, 3.8) is 0 Å². The summed E-state index contributed by atoms with van der Waals surface area (Å²) in [5.74, 6) is -0.0827. The first-order chi connectivity index (χ1) is 12.8. The number of nitrogens with zero attached hydrogens (tertiary/aromatic N) is 1. The Morgan fingerprint density at radius 1 is 1.15 bits per heavy atom. The minimum atomic E-state index is -4.34. The zero-order valence-corrected chi connectivity index (χ0v) is 15.2. The Bertz CT molecular complexity index is 759. The lowest BCUT2D eigenvalue weighted by Gasteiger charge is -2.20. The van der Waals surface area contributed by atoms with Crippen molar-refractivity contribution in [1.82, 2.24) is 4.90 Å². The lowest BCUT2D eigenvalue weighted by molar-refractivity contribution is -0.137. The van der Waals surface area contributed by atoms with Gasteiger partial charge in [-0.2, -0.15) is 13.2 Å². The molecule has 0 saturated carbocycles. The molecule has 27 heavy (non-hydrogen) atoms. The fourth-order valence-corrected chi connectivity index (χ4v) is 3.38. The quantitative estimate of drug-likeness (QED) is 0.804. The van der Waals surface area contributed by atoms with Crippen LogP contribution < -0.4 is 5.32 Å². The average Bonchev–Trinajstić information content (AvgIpc) is 3.10. The molecular weight excluding hydrogens is 353 g/mol. The standard InChI is InChI=1S/C21H23F3N2O/c1-15(16-7-9-17(10-8-16)21(22,23)24)13-20(27)26-12-11-19(14-26)25-18-5-3-2-4-6-18/h2-10,15,19,25H,11-14H2,1H3. The second kappa shape index (κ2) is 8.03. The molecule has 0 aliphatic carbocycles.